The van der Waals surface area contributed by atoms with Gasteiger partial charge in [-0.25, -0.2) is 9.89 Å². The fourth-order valence-electron chi connectivity index (χ4n) is 2.55. The van der Waals surface area contributed by atoms with Crippen LogP contribution in [-0.4, -0.2) is 44.4 Å². The second-order valence-corrected chi connectivity index (χ2v) is 6.35. The molecule has 19 heavy (non-hydrogen) atoms. The number of piperidine rings is 1. The predicted molar refractivity (Wildman–Crippen MR) is 74.1 cm³/mol. The third-order valence-electron chi connectivity index (χ3n) is 3.39. The first kappa shape index (κ1) is 14.2. The fourth-order valence-corrected chi connectivity index (χ4v) is 3.37. The maximum absolute atomic E-state index is 12.2. The summed E-state index contributed by atoms with van der Waals surface area (Å²) in [5.74, 6) is 1.58. The number of aromatic amines is 1. The van der Waals surface area contributed by atoms with Gasteiger partial charge in [0.05, 0.1) is 5.75 Å². The molecule has 2 heterocycles. The smallest absolute Gasteiger partial charge is 0.341 e. The summed E-state index contributed by atoms with van der Waals surface area (Å²) >= 11 is 1.30. The molecule has 1 aliphatic rings. The maximum atomic E-state index is 12.2. The van der Waals surface area contributed by atoms with E-state index in [1.165, 1.54) is 22.7 Å². The first-order valence-electron chi connectivity index (χ1n) is 6.49. The maximum Gasteiger partial charge on any atom is 0.343 e. The molecule has 0 aliphatic carbocycles. The number of nitrogens with one attached hydrogen (secondary N) is 1. The molecule has 1 aromatic rings. The lowest BCUT2D eigenvalue weighted by Crippen LogP contribution is -2.43. The molecule has 1 saturated heterocycles. The van der Waals surface area contributed by atoms with E-state index in [2.05, 4.69) is 24.0 Å². The summed E-state index contributed by atoms with van der Waals surface area (Å²) < 4.78 is 1.42. The summed E-state index contributed by atoms with van der Waals surface area (Å²) in [6.45, 7) is 6.04. The molecule has 1 aliphatic heterocycles. The lowest BCUT2D eigenvalue weighted by atomic mass is 9.92. The van der Waals surface area contributed by atoms with E-state index >= 15 is 0 Å². The van der Waals surface area contributed by atoms with Gasteiger partial charge in [-0.3, -0.25) is 9.36 Å². The summed E-state index contributed by atoms with van der Waals surface area (Å²) in [5, 5.41) is 6.80. The van der Waals surface area contributed by atoms with Crippen LogP contribution in [0.25, 0.3) is 0 Å². The minimum atomic E-state index is -0.254. The van der Waals surface area contributed by atoms with E-state index in [9.17, 15) is 9.59 Å². The van der Waals surface area contributed by atoms with Gasteiger partial charge in [-0.15, -0.1) is 5.10 Å². The Morgan fingerprint density at radius 1 is 1.42 bits per heavy atom. The number of nitrogens with zero attached hydrogens (tertiary/aromatic N) is 3. The zero-order valence-corrected chi connectivity index (χ0v) is 12.4. The van der Waals surface area contributed by atoms with Crippen molar-refractivity contribution < 1.29 is 4.79 Å². The Balaban J connectivity index is 1.91. The van der Waals surface area contributed by atoms with E-state index in [1.807, 2.05) is 4.90 Å². The molecule has 6 nitrogen and oxygen atoms in total. The Kier molecular flexibility index (Phi) is 4.34. The first-order valence-corrected chi connectivity index (χ1v) is 7.48. The van der Waals surface area contributed by atoms with Crippen LogP contribution in [0.1, 0.15) is 20.3 Å². The van der Waals surface area contributed by atoms with Gasteiger partial charge < -0.3 is 4.90 Å². The number of H-pyrrole nitrogens is 1. The molecular weight excluding hydrogens is 264 g/mol. The Bertz CT molecular complexity index is 500. The molecule has 0 spiro atoms. The summed E-state index contributed by atoms with van der Waals surface area (Å²) in [5.41, 5.74) is -0.254. The minimum absolute atomic E-state index is 0.124. The molecule has 106 valence electrons. The summed E-state index contributed by atoms with van der Waals surface area (Å²) in [4.78, 5) is 25.3. The van der Waals surface area contributed by atoms with E-state index in [0.717, 1.165) is 13.1 Å². The van der Waals surface area contributed by atoms with Crippen molar-refractivity contribution in [3.05, 3.63) is 10.5 Å². The molecule has 1 N–H and O–H groups in total. The number of thioether (sulfide) groups is 1. The summed E-state index contributed by atoms with van der Waals surface area (Å²) in [6, 6.07) is 0. The Morgan fingerprint density at radius 3 is 2.58 bits per heavy atom. The monoisotopic (exact) mass is 284 g/mol. The third kappa shape index (κ3) is 3.40. The number of carbonyl (C=O) groups is 1. The quantitative estimate of drug-likeness (QED) is 0.830. The van der Waals surface area contributed by atoms with Gasteiger partial charge in [0.1, 0.15) is 0 Å². The molecule has 0 radical (unpaired) electrons. The van der Waals surface area contributed by atoms with Crippen LogP contribution in [0.2, 0.25) is 0 Å². The van der Waals surface area contributed by atoms with Gasteiger partial charge in [-0.1, -0.05) is 25.6 Å². The SMILES string of the molecule is C[C@@H]1C[C@@H](C)CN(C(=O)CSc2n[nH]c(=O)n2C)C1. The molecule has 0 bridgehead atoms. The van der Waals surface area contributed by atoms with Crippen LogP contribution >= 0.6 is 11.8 Å². The highest BCUT2D eigenvalue weighted by molar-refractivity contribution is 7.99. The van der Waals surface area contributed by atoms with Gasteiger partial charge in [0.25, 0.3) is 0 Å². The minimum Gasteiger partial charge on any atom is -0.341 e. The average Bonchev–Trinajstić information content (AvgIpc) is 2.66. The molecule has 2 atom stereocenters. The van der Waals surface area contributed by atoms with Crippen molar-refractivity contribution in [2.24, 2.45) is 18.9 Å². The normalized spacial score (nSPS) is 23.6. The molecule has 1 aromatic heterocycles. The first-order chi connectivity index (χ1) is 8.97. The molecule has 7 heteroatoms. The molecule has 0 aromatic carbocycles. The topological polar surface area (TPSA) is 71.0 Å². The predicted octanol–water partition coefficient (Wildman–Crippen LogP) is 0.705. The number of hydrogen-bond donors (Lipinski definition) is 1. The highest BCUT2D eigenvalue weighted by Gasteiger charge is 2.25. The summed E-state index contributed by atoms with van der Waals surface area (Å²) in [6.07, 6.45) is 1.19. The van der Waals surface area contributed by atoms with Crippen LogP contribution < -0.4 is 5.69 Å². The fraction of sp³-hybridized carbons (Fsp3) is 0.750. The lowest BCUT2D eigenvalue weighted by Gasteiger charge is -2.34. The van der Waals surface area contributed by atoms with E-state index in [1.54, 1.807) is 7.05 Å². The van der Waals surface area contributed by atoms with Crippen LogP contribution in [0, 0.1) is 11.8 Å². The number of aromatic nitrogens is 3. The third-order valence-corrected chi connectivity index (χ3v) is 4.40. The lowest BCUT2D eigenvalue weighted by molar-refractivity contribution is -0.130. The van der Waals surface area contributed by atoms with Crippen molar-refractivity contribution in [3.8, 4) is 0 Å². The van der Waals surface area contributed by atoms with Crippen LogP contribution in [0.3, 0.4) is 0 Å². The van der Waals surface area contributed by atoms with E-state index in [-0.39, 0.29) is 11.6 Å². The molecule has 2 rings (SSSR count). The summed E-state index contributed by atoms with van der Waals surface area (Å²) in [7, 11) is 1.64. The van der Waals surface area contributed by atoms with Crippen molar-refractivity contribution >= 4 is 17.7 Å². The van der Waals surface area contributed by atoms with Gasteiger partial charge >= 0.3 is 5.69 Å². The van der Waals surface area contributed by atoms with Crippen LogP contribution in [0.5, 0.6) is 0 Å². The van der Waals surface area contributed by atoms with Crippen molar-refractivity contribution in [3.63, 3.8) is 0 Å². The van der Waals surface area contributed by atoms with Crippen molar-refractivity contribution in [1.82, 2.24) is 19.7 Å². The van der Waals surface area contributed by atoms with E-state index in [4.69, 9.17) is 0 Å². The Hall–Kier alpha value is -1.24. The number of likely N-dealkylation sites (tertiary alicyclic amines) is 1. The van der Waals surface area contributed by atoms with Gasteiger partial charge in [-0.05, 0) is 18.3 Å². The van der Waals surface area contributed by atoms with Crippen molar-refractivity contribution in [2.75, 3.05) is 18.8 Å². The zero-order chi connectivity index (χ0) is 14.0. The Labute approximate surface area is 116 Å². The van der Waals surface area contributed by atoms with Gasteiger partial charge in [0, 0.05) is 20.1 Å². The number of carbonyl (C=O) groups excluding carboxylic acids is 1. The molecule has 1 fully saturated rings. The standard InChI is InChI=1S/C12H20N4O2S/c1-8-4-9(2)6-16(5-8)10(17)7-19-12-14-13-11(18)15(12)3/h8-9H,4-7H2,1-3H3,(H,13,18)/t8-,9-/m1/s1. The highest BCUT2D eigenvalue weighted by Crippen LogP contribution is 2.22. The average molecular weight is 284 g/mol. The van der Waals surface area contributed by atoms with Gasteiger partial charge in [-0.2, -0.15) is 0 Å². The molecule has 0 unspecified atom stereocenters. The second-order valence-electron chi connectivity index (χ2n) is 5.40. The van der Waals surface area contributed by atoms with Crippen molar-refractivity contribution in [1.29, 1.82) is 0 Å². The Morgan fingerprint density at radius 2 is 2.05 bits per heavy atom. The number of amides is 1. The molecule has 0 saturated carbocycles. The largest absolute Gasteiger partial charge is 0.343 e. The highest BCUT2D eigenvalue weighted by atomic mass is 32.2. The second kappa shape index (κ2) is 5.81. The van der Waals surface area contributed by atoms with Crippen LogP contribution in [-0.2, 0) is 11.8 Å². The zero-order valence-electron chi connectivity index (χ0n) is 11.5. The van der Waals surface area contributed by atoms with Gasteiger partial charge in [0.2, 0.25) is 5.91 Å². The van der Waals surface area contributed by atoms with Crippen LogP contribution in [0.15, 0.2) is 9.95 Å². The molecular formula is C12H20N4O2S. The molecule has 1 amide bonds. The van der Waals surface area contributed by atoms with Gasteiger partial charge in [0.15, 0.2) is 5.16 Å². The number of rotatable bonds is 3. The number of hydrogen-bond acceptors (Lipinski definition) is 4. The van der Waals surface area contributed by atoms with E-state index in [0.29, 0.717) is 22.7 Å². The van der Waals surface area contributed by atoms with E-state index < -0.39 is 0 Å². The van der Waals surface area contributed by atoms with Crippen LogP contribution in [0.4, 0.5) is 0 Å². The van der Waals surface area contributed by atoms with Crippen molar-refractivity contribution in [2.45, 2.75) is 25.4 Å².